The molecule has 0 spiro atoms. The smallest absolute Gasteiger partial charge is 0.335 e. The van der Waals surface area contributed by atoms with E-state index in [1.165, 1.54) is 25.0 Å². The minimum Gasteiger partial charge on any atom is -0.493 e. The molecule has 2 aromatic carbocycles. The molecule has 142 valence electrons. The molecule has 1 aliphatic carbocycles. The molecule has 1 fully saturated rings. The maximum atomic E-state index is 12.4. The van der Waals surface area contributed by atoms with Crippen molar-refractivity contribution in [1.82, 2.24) is 5.32 Å². The monoisotopic (exact) mass is 369 g/mol. The molecule has 1 saturated carbocycles. The van der Waals surface area contributed by atoms with Crippen LogP contribution in [0.2, 0.25) is 0 Å². The van der Waals surface area contributed by atoms with Crippen LogP contribution in [0.25, 0.3) is 0 Å². The third-order valence-corrected chi connectivity index (χ3v) is 4.68. The number of ether oxygens (including phenoxy) is 2. The number of nitrogens with one attached hydrogen (secondary N) is 1. The number of carboxylic acid groups (broad SMARTS) is 1. The first-order chi connectivity index (χ1) is 13.1. The van der Waals surface area contributed by atoms with Gasteiger partial charge >= 0.3 is 5.97 Å². The Kier molecular flexibility index (Phi) is 5.96. The first-order valence-electron chi connectivity index (χ1n) is 9.02. The van der Waals surface area contributed by atoms with E-state index in [4.69, 9.17) is 14.6 Å². The maximum Gasteiger partial charge on any atom is 0.335 e. The quantitative estimate of drug-likeness (QED) is 0.778. The van der Waals surface area contributed by atoms with Gasteiger partial charge in [-0.15, -0.1) is 0 Å². The molecule has 0 unspecified atom stereocenters. The molecule has 0 aliphatic heterocycles. The van der Waals surface area contributed by atoms with Crippen molar-refractivity contribution in [3.63, 3.8) is 0 Å². The Labute approximate surface area is 158 Å². The molecular formula is C21H23NO5. The van der Waals surface area contributed by atoms with Crippen molar-refractivity contribution in [3.8, 4) is 11.5 Å². The number of carboxylic acids is 1. The highest BCUT2D eigenvalue weighted by molar-refractivity contribution is 5.94. The molecule has 0 aromatic heterocycles. The van der Waals surface area contributed by atoms with Gasteiger partial charge in [0.15, 0.2) is 11.5 Å². The highest BCUT2D eigenvalue weighted by Crippen LogP contribution is 2.32. The summed E-state index contributed by atoms with van der Waals surface area (Å²) >= 11 is 0. The van der Waals surface area contributed by atoms with E-state index >= 15 is 0 Å². The third-order valence-electron chi connectivity index (χ3n) is 4.68. The van der Waals surface area contributed by atoms with Gasteiger partial charge in [-0.1, -0.05) is 12.1 Å². The standard InChI is InChI=1S/C21H23NO5/c1-26-19-12-16(10-11-18(19)27-17-4-2-3-5-17)20(23)22-13-14-6-8-15(9-7-14)21(24)25/h6-12,17H,2-5,13H2,1H3,(H,22,23)(H,24,25). The second-order valence-electron chi connectivity index (χ2n) is 6.57. The number of rotatable bonds is 7. The van der Waals surface area contributed by atoms with Crippen molar-refractivity contribution in [3.05, 3.63) is 59.2 Å². The van der Waals surface area contributed by atoms with Crippen LogP contribution in [0.1, 0.15) is 52.0 Å². The Balaban J connectivity index is 1.62. The topological polar surface area (TPSA) is 84.9 Å². The van der Waals surface area contributed by atoms with Crippen molar-refractivity contribution in [2.45, 2.75) is 38.3 Å². The summed E-state index contributed by atoms with van der Waals surface area (Å²) in [5.41, 5.74) is 1.52. The lowest BCUT2D eigenvalue weighted by Gasteiger charge is -2.16. The number of benzene rings is 2. The van der Waals surface area contributed by atoms with E-state index in [0.29, 0.717) is 23.6 Å². The van der Waals surface area contributed by atoms with Gasteiger partial charge in [-0.3, -0.25) is 4.79 Å². The molecular weight excluding hydrogens is 346 g/mol. The zero-order valence-corrected chi connectivity index (χ0v) is 15.2. The molecule has 0 saturated heterocycles. The molecule has 3 rings (SSSR count). The fourth-order valence-corrected chi connectivity index (χ4v) is 3.14. The third kappa shape index (κ3) is 4.78. The number of aromatic carboxylic acids is 1. The van der Waals surface area contributed by atoms with E-state index in [-0.39, 0.29) is 17.6 Å². The summed E-state index contributed by atoms with van der Waals surface area (Å²) in [6.45, 7) is 0.307. The minimum absolute atomic E-state index is 0.215. The molecule has 1 amide bonds. The lowest BCUT2D eigenvalue weighted by molar-refractivity contribution is 0.0696. The van der Waals surface area contributed by atoms with Gasteiger partial charge in [-0.25, -0.2) is 4.79 Å². The molecule has 1 aliphatic rings. The Morgan fingerprint density at radius 3 is 2.33 bits per heavy atom. The fourth-order valence-electron chi connectivity index (χ4n) is 3.14. The largest absolute Gasteiger partial charge is 0.493 e. The van der Waals surface area contributed by atoms with Crippen LogP contribution in [0.4, 0.5) is 0 Å². The Hall–Kier alpha value is -3.02. The summed E-state index contributed by atoms with van der Waals surface area (Å²) in [6.07, 6.45) is 4.67. The average Bonchev–Trinajstić information content (AvgIpc) is 3.19. The molecule has 6 heteroatoms. The van der Waals surface area contributed by atoms with Crippen LogP contribution >= 0.6 is 0 Å². The second-order valence-corrected chi connectivity index (χ2v) is 6.57. The van der Waals surface area contributed by atoms with Crippen LogP contribution in [0.3, 0.4) is 0 Å². The van der Waals surface area contributed by atoms with Gasteiger partial charge in [0.25, 0.3) is 5.91 Å². The summed E-state index contributed by atoms with van der Waals surface area (Å²) in [7, 11) is 1.56. The van der Waals surface area contributed by atoms with E-state index < -0.39 is 5.97 Å². The molecule has 6 nitrogen and oxygen atoms in total. The van der Waals surface area contributed by atoms with Gasteiger partial charge in [-0.05, 0) is 61.6 Å². The van der Waals surface area contributed by atoms with E-state index in [1.807, 2.05) is 0 Å². The van der Waals surface area contributed by atoms with Gasteiger partial charge in [0, 0.05) is 12.1 Å². The van der Waals surface area contributed by atoms with Crippen molar-refractivity contribution in [2.24, 2.45) is 0 Å². The molecule has 0 atom stereocenters. The number of hydrogen-bond donors (Lipinski definition) is 2. The van der Waals surface area contributed by atoms with Gasteiger partial charge in [0.05, 0.1) is 18.8 Å². The summed E-state index contributed by atoms with van der Waals surface area (Å²) in [4.78, 5) is 23.3. The van der Waals surface area contributed by atoms with E-state index in [2.05, 4.69) is 5.32 Å². The van der Waals surface area contributed by atoms with Gasteiger partial charge in [0.2, 0.25) is 0 Å². The molecule has 2 N–H and O–H groups in total. The van der Waals surface area contributed by atoms with Crippen LogP contribution in [-0.4, -0.2) is 30.2 Å². The average molecular weight is 369 g/mol. The normalized spacial score (nSPS) is 14.0. The predicted octanol–water partition coefficient (Wildman–Crippen LogP) is 3.64. The number of methoxy groups -OCH3 is 1. The maximum absolute atomic E-state index is 12.4. The summed E-state index contributed by atoms with van der Waals surface area (Å²) in [6, 6.07) is 11.6. The van der Waals surface area contributed by atoms with Crippen LogP contribution in [0.15, 0.2) is 42.5 Å². The first kappa shape index (κ1) is 18.8. The Morgan fingerprint density at radius 1 is 1.04 bits per heavy atom. The predicted molar refractivity (Wildman–Crippen MR) is 100 cm³/mol. The van der Waals surface area contributed by atoms with Crippen LogP contribution in [0, 0.1) is 0 Å². The van der Waals surface area contributed by atoms with Crippen molar-refractivity contribution < 1.29 is 24.2 Å². The fraction of sp³-hybridized carbons (Fsp3) is 0.333. The summed E-state index contributed by atoms with van der Waals surface area (Å²) in [5, 5.41) is 11.7. The van der Waals surface area contributed by atoms with Crippen LogP contribution < -0.4 is 14.8 Å². The molecule has 2 aromatic rings. The Bertz CT molecular complexity index is 810. The van der Waals surface area contributed by atoms with Crippen LogP contribution in [0.5, 0.6) is 11.5 Å². The van der Waals surface area contributed by atoms with Crippen molar-refractivity contribution >= 4 is 11.9 Å². The van der Waals surface area contributed by atoms with E-state index in [1.54, 1.807) is 37.4 Å². The molecule has 27 heavy (non-hydrogen) atoms. The lowest BCUT2D eigenvalue weighted by Crippen LogP contribution is -2.23. The summed E-state index contributed by atoms with van der Waals surface area (Å²) < 4.78 is 11.4. The number of carbonyl (C=O) groups excluding carboxylic acids is 1. The number of amides is 1. The zero-order chi connectivity index (χ0) is 19.2. The number of hydrogen-bond acceptors (Lipinski definition) is 4. The van der Waals surface area contributed by atoms with E-state index in [9.17, 15) is 9.59 Å². The molecule has 0 radical (unpaired) electrons. The van der Waals surface area contributed by atoms with Gasteiger partial charge in [0.1, 0.15) is 0 Å². The van der Waals surface area contributed by atoms with Crippen molar-refractivity contribution in [1.29, 1.82) is 0 Å². The van der Waals surface area contributed by atoms with Crippen LogP contribution in [-0.2, 0) is 6.54 Å². The first-order valence-corrected chi connectivity index (χ1v) is 9.02. The highest BCUT2D eigenvalue weighted by atomic mass is 16.5. The lowest BCUT2D eigenvalue weighted by atomic mass is 10.1. The zero-order valence-electron chi connectivity index (χ0n) is 15.2. The summed E-state index contributed by atoms with van der Waals surface area (Å²) in [5.74, 6) is -0.00816. The highest BCUT2D eigenvalue weighted by Gasteiger charge is 2.19. The van der Waals surface area contributed by atoms with E-state index in [0.717, 1.165) is 18.4 Å². The molecule has 0 bridgehead atoms. The number of carbonyl (C=O) groups is 2. The van der Waals surface area contributed by atoms with Gasteiger partial charge < -0.3 is 19.9 Å². The molecule has 0 heterocycles. The SMILES string of the molecule is COc1cc(C(=O)NCc2ccc(C(=O)O)cc2)ccc1OC1CCCC1. The minimum atomic E-state index is -0.974. The van der Waals surface area contributed by atoms with Crippen molar-refractivity contribution in [2.75, 3.05) is 7.11 Å². The Morgan fingerprint density at radius 2 is 1.70 bits per heavy atom. The van der Waals surface area contributed by atoms with Gasteiger partial charge in [-0.2, -0.15) is 0 Å². The second kappa shape index (κ2) is 8.58.